The molecule has 3 aliphatic rings. The van der Waals surface area contributed by atoms with Crippen LogP contribution in [0.2, 0.25) is 0 Å². The molecule has 8 nitrogen and oxygen atoms in total. The number of alkyl halides is 3. The van der Waals surface area contributed by atoms with Crippen LogP contribution < -0.4 is 4.90 Å². The highest BCUT2D eigenvalue weighted by atomic mass is 19.4. The first-order valence-corrected chi connectivity index (χ1v) is 13.1. The summed E-state index contributed by atoms with van der Waals surface area (Å²) in [5.41, 5.74) is 0.727. The lowest BCUT2D eigenvalue weighted by Crippen LogP contribution is -2.55. The molecule has 3 saturated heterocycles. The van der Waals surface area contributed by atoms with Gasteiger partial charge in [-0.2, -0.15) is 18.3 Å². The number of rotatable bonds is 4. The number of benzene rings is 2. The van der Waals surface area contributed by atoms with Gasteiger partial charge < -0.3 is 9.80 Å². The summed E-state index contributed by atoms with van der Waals surface area (Å²) in [6.07, 6.45) is -4.18. The molecule has 4 heterocycles. The van der Waals surface area contributed by atoms with Crippen LogP contribution in [-0.2, 0) is 22.9 Å². The number of hydrogen-bond donors (Lipinski definition) is 0. The minimum Gasteiger partial charge on any atom is -0.330 e. The van der Waals surface area contributed by atoms with Crippen LogP contribution in [0.15, 0.2) is 60.7 Å². The molecule has 0 saturated carbocycles. The summed E-state index contributed by atoms with van der Waals surface area (Å²) in [4.78, 5) is 44.7. The van der Waals surface area contributed by atoms with Crippen LogP contribution in [0.5, 0.6) is 0 Å². The van der Waals surface area contributed by atoms with E-state index in [9.17, 15) is 27.6 Å². The Hall–Kier alpha value is -4.15. The van der Waals surface area contributed by atoms with E-state index in [2.05, 4.69) is 0 Å². The van der Waals surface area contributed by atoms with Gasteiger partial charge in [-0.1, -0.05) is 57.2 Å². The summed E-state index contributed by atoms with van der Waals surface area (Å²) in [5, 5.41) is 4.74. The molecule has 11 heteroatoms. The summed E-state index contributed by atoms with van der Waals surface area (Å²) in [6.45, 7) is 6.65. The second-order valence-corrected chi connectivity index (χ2v) is 11.6. The Balaban J connectivity index is 1.30. The summed E-state index contributed by atoms with van der Waals surface area (Å²) < 4.78 is 41.6. The van der Waals surface area contributed by atoms with Crippen LogP contribution in [0.4, 0.5) is 23.7 Å². The standard InChI is InChI=1S/C29H28F3N5O3/c1-28(2,3)23-14-22(35(33-23)15-17-8-5-4-6-9-17)25(38)34-16-20-13-21(34)24-26(39)37(27(40)36(20)24)19-11-7-10-18(12-19)29(30,31)32/h4-12,14,20-21,24H,13,15-16H2,1-3H3/t20?,21-,24-/m1/s1. The van der Waals surface area contributed by atoms with Crippen molar-refractivity contribution in [1.82, 2.24) is 19.6 Å². The van der Waals surface area contributed by atoms with E-state index in [0.29, 0.717) is 18.7 Å². The molecule has 3 aliphatic heterocycles. The van der Waals surface area contributed by atoms with Crippen molar-refractivity contribution >= 4 is 23.5 Å². The number of hydrogen-bond acceptors (Lipinski definition) is 4. The Labute approximate surface area is 229 Å². The Morgan fingerprint density at radius 1 is 1.00 bits per heavy atom. The molecule has 0 radical (unpaired) electrons. The molecular weight excluding hydrogens is 523 g/mol. The number of imide groups is 1. The molecule has 2 aromatic carbocycles. The number of nitrogens with zero attached hydrogens (tertiary/aromatic N) is 5. The molecule has 0 aliphatic carbocycles. The first kappa shape index (κ1) is 26.1. The van der Waals surface area contributed by atoms with Crippen molar-refractivity contribution in [2.45, 2.75) is 63.5 Å². The van der Waals surface area contributed by atoms with Crippen LogP contribution >= 0.6 is 0 Å². The third-order valence-corrected chi connectivity index (χ3v) is 7.90. The molecule has 3 atom stereocenters. The Kier molecular flexibility index (Phi) is 5.83. The van der Waals surface area contributed by atoms with Gasteiger partial charge >= 0.3 is 12.2 Å². The van der Waals surface area contributed by atoms with Crippen LogP contribution in [0.1, 0.15) is 54.5 Å². The number of piperazine rings is 1. The summed E-state index contributed by atoms with van der Waals surface area (Å²) in [6, 6.07) is 13.0. The summed E-state index contributed by atoms with van der Waals surface area (Å²) in [5.74, 6) is -0.911. The number of urea groups is 1. The highest BCUT2D eigenvalue weighted by Gasteiger charge is 2.63. The van der Waals surface area contributed by atoms with Gasteiger partial charge in [-0.3, -0.25) is 14.3 Å². The zero-order chi connectivity index (χ0) is 28.6. The molecular formula is C29H28F3N5O3. The van der Waals surface area contributed by atoms with E-state index < -0.39 is 41.8 Å². The van der Waals surface area contributed by atoms with Crippen molar-refractivity contribution in [1.29, 1.82) is 0 Å². The predicted octanol–water partition coefficient (Wildman–Crippen LogP) is 4.68. The van der Waals surface area contributed by atoms with Crippen molar-refractivity contribution in [2.24, 2.45) is 0 Å². The predicted molar refractivity (Wildman–Crippen MR) is 140 cm³/mol. The zero-order valence-electron chi connectivity index (χ0n) is 22.2. The maximum Gasteiger partial charge on any atom is 0.416 e. The highest BCUT2D eigenvalue weighted by Crippen LogP contribution is 2.43. The van der Waals surface area contributed by atoms with Crippen molar-refractivity contribution in [3.63, 3.8) is 0 Å². The molecule has 3 aromatic rings. The Morgan fingerprint density at radius 2 is 1.73 bits per heavy atom. The lowest BCUT2D eigenvalue weighted by Gasteiger charge is -2.34. The largest absolute Gasteiger partial charge is 0.416 e. The maximum absolute atomic E-state index is 14.0. The molecule has 40 heavy (non-hydrogen) atoms. The fourth-order valence-electron chi connectivity index (χ4n) is 5.93. The number of aromatic nitrogens is 2. The van der Waals surface area contributed by atoms with Crippen LogP contribution in [0.25, 0.3) is 0 Å². The smallest absolute Gasteiger partial charge is 0.330 e. The van der Waals surface area contributed by atoms with Gasteiger partial charge in [-0.15, -0.1) is 0 Å². The molecule has 2 bridgehead atoms. The molecule has 0 N–H and O–H groups in total. The van der Waals surface area contributed by atoms with Crippen molar-refractivity contribution < 1.29 is 27.6 Å². The van der Waals surface area contributed by atoms with Gasteiger partial charge in [0.2, 0.25) is 0 Å². The molecule has 0 spiro atoms. The highest BCUT2D eigenvalue weighted by molar-refractivity contribution is 6.22. The van der Waals surface area contributed by atoms with Crippen molar-refractivity contribution in [2.75, 3.05) is 11.4 Å². The molecule has 3 fully saturated rings. The minimum atomic E-state index is -4.62. The van der Waals surface area contributed by atoms with Gasteiger partial charge in [0.25, 0.3) is 11.8 Å². The number of halogens is 3. The van der Waals surface area contributed by atoms with Crippen molar-refractivity contribution in [3.8, 4) is 0 Å². The number of likely N-dealkylation sites (tertiary alicyclic amines) is 1. The van der Waals surface area contributed by atoms with E-state index in [1.807, 2.05) is 51.1 Å². The third-order valence-electron chi connectivity index (χ3n) is 7.90. The fourth-order valence-corrected chi connectivity index (χ4v) is 5.93. The second kappa shape index (κ2) is 8.94. The van der Waals surface area contributed by atoms with E-state index in [0.717, 1.165) is 28.3 Å². The second-order valence-electron chi connectivity index (χ2n) is 11.6. The number of amides is 4. The monoisotopic (exact) mass is 551 g/mol. The van der Waals surface area contributed by atoms with Gasteiger partial charge in [0.1, 0.15) is 11.7 Å². The van der Waals surface area contributed by atoms with Crippen LogP contribution in [-0.4, -0.2) is 62.1 Å². The van der Waals surface area contributed by atoms with Gasteiger partial charge in [0.15, 0.2) is 0 Å². The third kappa shape index (κ3) is 4.15. The van der Waals surface area contributed by atoms with Crippen molar-refractivity contribution in [3.05, 3.63) is 83.2 Å². The van der Waals surface area contributed by atoms with E-state index in [1.165, 1.54) is 17.0 Å². The Morgan fingerprint density at radius 3 is 2.40 bits per heavy atom. The first-order chi connectivity index (χ1) is 18.8. The molecule has 4 amide bonds. The zero-order valence-corrected chi connectivity index (χ0v) is 22.2. The average Bonchev–Trinajstić information content (AvgIpc) is 3.65. The normalized spacial score (nSPS) is 22.4. The lowest BCUT2D eigenvalue weighted by atomic mass is 9.92. The first-order valence-electron chi connectivity index (χ1n) is 13.1. The van der Waals surface area contributed by atoms with E-state index >= 15 is 0 Å². The van der Waals surface area contributed by atoms with Gasteiger partial charge in [-0.05, 0) is 36.2 Å². The quantitative estimate of drug-likeness (QED) is 0.441. The summed E-state index contributed by atoms with van der Waals surface area (Å²) >= 11 is 0. The van der Waals surface area contributed by atoms with Crippen LogP contribution in [0.3, 0.4) is 0 Å². The molecule has 1 unspecified atom stereocenters. The number of fused-ring (bicyclic) bond motifs is 5. The Bertz CT molecular complexity index is 1510. The number of carbonyl (C=O) groups excluding carboxylic acids is 3. The minimum absolute atomic E-state index is 0.132. The van der Waals surface area contributed by atoms with E-state index in [1.54, 1.807) is 15.6 Å². The summed E-state index contributed by atoms with van der Waals surface area (Å²) in [7, 11) is 0. The number of anilines is 1. The molecule has 208 valence electrons. The van der Waals surface area contributed by atoms with E-state index in [-0.39, 0.29) is 23.6 Å². The average molecular weight is 552 g/mol. The van der Waals surface area contributed by atoms with Gasteiger partial charge in [-0.25, -0.2) is 9.69 Å². The maximum atomic E-state index is 14.0. The van der Waals surface area contributed by atoms with Gasteiger partial charge in [0.05, 0.1) is 35.6 Å². The van der Waals surface area contributed by atoms with E-state index in [4.69, 9.17) is 5.10 Å². The lowest BCUT2D eigenvalue weighted by molar-refractivity contribution is -0.137. The SMILES string of the molecule is CC(C)(C)c1cc(C(=O)N2CC3C[C@@H]2[C@@H]2C(=O)N(c4cccc(C(F)(F)F)c4)C(=O)N32)n(Cc2ccccc2)n1. The fraction of sp³-hybridized carbons (Fsp3) is 0.379. The van der Waals surface area contributed by atoms with Crippen LogP contribution in [0, 0.1) is 0 Å². The van der Waals surface area contributed by atoms with Gasteiger partial charge in [0, 0.05) is 12.0 Å². The molecule has 6 rings (SSSR count). The topological polar surface area (TPSA) is 78.8 Å². The number of carbonyl (C=O) groups is 3. The molecule has 1 aromatic heterocycles.